The number of hydrogen-bond donors (Lipinski definition) is 1. The summed E-state index contributed by atoms with van der Waals surface area (Å²) in [6.45, 7) is 1.62. The number of benzene rings is 2. The van der Waals surface area contributed by atoms with E-state index in [0.717, 1.165) is 11.3 Å². The number of esters is 1. The lowest BCUT2D eigenvalue weighted by Crippen LogP contribution is -2.29. The van der Waals surface area contributed by atoms with Gasteiger partial charge < -0.3 is 14.6 Å². The fraction of sp³-hybridized carbons (Fsp3) is 0.167. The third-order valence-corrected chi connectivity index (χ3v) is 6.42. The normalized spacial score (nSPS) is 17.3. The number of ketones is 1. The van der Waals surface area contributed by atoms with E-state index in [1.54, 1.807) is 55.5 Å². The van der Waals surface area contributed by atoms with Crippen LogP contribution in [0.2, 0.25) is 0 Å². The molecule has 2 heterocycles. The fourth-order valence-electron chi connectivity index (χ4n) is 3.65. The second kappa shape index (κ2) is 8.87. The van der Waals surface area contributed by atoms with E-state index in [1.165, 1.54) is 19.1 Å². The van der Waals surface area contributed by atoms with Gasteiger partial charge in [-0.2, -0.15) is 0 Å². The summed E-state index contributed by atoms with van der Waals surface area (Å²) in [6, 6.07) is 14.4. The monoisotopic (exact) mass is 464 g/mol. The molecule has 1 aliphatic heterocycles. The molecule has 1 saturated heterocycles. The minimum Gasteiger partial charge on any atom is -0.507 e. The molecule has 8 nitrogen and oxygen atoms in total. The van der Waals surface area contributed by atoms with Gasteiger partial charge in [-0.15, -0.1) is 0 Å². The Labute approximate surface area is 193 Å². The second-order valence-electron chi connectivity index (χ2n) is 7.21. The highest BCUT2D eigenvalue weighted by Crippen LogP contribution is 2.43. The van der Waals surface area contributed by atoms with Gasteiger partial charge in [-0.3, -0.25) is 14.5 Å². The van der Waals surface area contributed by atoms with E-state index in [1.807, 2.05) is 6.07 Å². The zero-order valence-corrected chi connectivity index (χ0v) is 18.9. The third kappa shape index (κ3) is 3.87. The molecular weight excluding hydrogens is 444 g/mol. The second-order valence-corrected chi connectivity index (χ2v) is 8.19. The Balaban J connectivity index is 1.90. The SMILES string of the molecule is COC(=O)c1sc(N2C(=O)C(=O)C(=C(O)c3ccc(OC)cc3)C2c2ccccc2)nc1C. The first-order valence-corrected chi connectivity index (χ1v) is 10.7. The quantitative estimate of drug-likeness (QED) is 0.264. The Bertz CT molecular complexity index is 1260. The molecule has 0 spiro atoms. The summed E-state index contributed by atoms with van der Waals surface area (Å²) in [5.74, 6) is -2.00. The van der Waals surface area contributed by atoms with E-state index in [9.17, 15) is 19.5 Å². The zero-order valence-electron chi connectivity index (χ0n) is 18.1. The van der Waals surface area contributed by atoms with Gasteiger partial charge in [0.05, 0.1) is 31.5 Å². The molecule has 0 saturated carbocycles. The Morgan fingerprint density at radius 2 is 1.73 bits per heavy atom. The molecule has 4 rings (SSSR count). The number of aryl methyl sites for hydroxylation is 1. The van der Waals surface area contributed by atoms with Gasteiger partial charge in [-0.1, -0.05) is 41.7 Å². The van der Waals surface area contributed by atoms with Crippen molar-refractivity contribution in [1.82, 2.24) is 4.98 Å². The number of aliphatic hydroxyl groups is 1. The van der Waals surface area contributed by atoms with Crippen LogP contribution in [0.25, 0.3) is 5.76 Å². The summed E-state index contributed by atoms with van der Waals surface area (Å²) in [6.07, 6.45) is 0. The summed E-state index contributed by atoms with van der Waals surface area (Å²) < 4.78 is 9.94. The van der Waals surface area contributed by atoms with E-state index in [-0.39, 0.29) is 21.3 Å². The maximum atomic E-state index is 13.2. The minimum absolute atomic E-state index is 0.0659. The standard InChI is InChI=1S/C24H20N2O6S/c1-13-21(23(30)32-3)33-24(25-13)26-18(14-7-5-4-6-8-14)17(20(28)22(26)29)19(27)15-9-11-16(31-2)12-10-15/h4-12,18,27H,1-3H3. The molecule has 1 unspecified atom stereocenters. The minimum atomic E-state index is -0.927. The maximum absolute atomic E-state index is 13.2. The van der Waals surface area contributed by atoms with Gasteiger partial charge in [-0.05, 0) is 36.8 Å². The Morgan fingerprint density at radius 1 is 1.06 bits per heavy atom. The molecular formula is C24H20N2O6S. The molecule has 2 aromatic carbocycles. The van der Waals surface area contributed by atoms with Crippen molar-refractivity contribution in [2.75, 3.05) is 19.1 Å². The molecule has 168 valence electrons. The van der Waals surface area contributed by atoms with Crippen LogP contribution in [0, 0.1) is 6.92 Å². The molecule has 9 heteroatoms. The number of Topliss-reactive ketones (excluding diaryl/α,β-unsaturated/α-hetero) is 1. The molecule has 1 aliphatic rings. The van der Waals surface area contributed by atoms with Crippen LogP contribution in [0.4, 0.5) is 5.13 Å². The summed E-state index contributed by atoms with van der Waals surface area (Å²) in [5.41, 5.74) is 1.29. The van der Waals surface area contributed by atoms with Gasteiger partial charge in [-0.25, -0.2) is 9.78 Å². The number of methoxy groups -OCH3 is 2. The number of amides is 1. The summed E-state index contributed by atoms with van der Waals surface area (Å²) >= 11 is 0.955. The van der Waals surface area contributed by atoms with Gasteiger partial charge in [0.15, 0.2) is 5.13 Å². The Kier molecular flexibility index (Phi) is 5.97. The number of thiazole rings is 1. The van der Waals surface area contributed by atoms with Gasteiger partial charge in [0, 0.05) is 5.56 Å². The van der Waals surface area contributed by atoms with Crippen molar-refractivity contribution >= 4 is 39.9 Å². The smallest absolute Gasteiger partial charge is 0.350 e. The van der Waals surface area contributed by atoms with Crippen LogP contribution in [-0.2, 0) is 14.3 Å². The van der Waals surface area contributed by atoms with Crippen LogP contribution >= 0.6 is 11.3 Å². The highest BCUT2D eigenvalue weighted by molar-refractivity contribution is 7.17. The van der Waals surface area contributed by atoms with Crippen molar-refractivity contribution in [2.45, 2.75) is 13.0 Å². The van der Waals surface area contributed by atoms with Crippen LogP contribution in [0.5, 0.6) is 5.75 Å². The number of carbonyl (C=O) groups excluding carboxylic acids is 3. The lowest BCUT2D eigenvalue weighted by molar-refractivity contribution is -0.132. The molecule has 3 aromatic rings. The van der Waals surface area contributed by atoms with E-state index in [2.05, 4.69) is 4.98 Å². The number of hydrogen-bond acceptors (Lipinski definition) is 8. The van der Waals surface area contributed by atoms with Crippen LogP contribution in [-0.4, -0.2) is 42.0 Å². The van der Waals surface area contributed by atoms with Crippen molar-refractivity contribution in [3.8, 4) is 5.75 Å². The first-order valence-electron chi connectivity index (χ1n) is 9.93. The zero-order chi connectivity index (χ0) is 23.7. The van der Waals surface area contributed by atoms with Crippen LogP contribution in [0.15, 0.2) is 60.2 Å². The predicted octanol–water partition coefficient (Wildman–Crippen LogP) is 3.87. The van der Waals surface area contributed by atoms with Gasteiger partial charge in [0.25, 0.3) is 5.78 Å². The Hall–Kier alpha value is -3.98. The number of aromatic nitrogens is 1. The highest BCUT2D eigenvalue weighted by Gasteiger charge is 2.48. The number of carbonyl (C=O) groups is 3. The maximum Gasteiger partial charge on any atom is 0.350 e. The van der Waals surface area contributed by atoms with Crippen LogP contribution in [0.3, 0.4) is 0 Å². The summed E-state index contributed by atoms with van der Waals surface area (Å²) in [5, 5.41) is 11.3. The average molecular weight is 464 g/mol. The number of ether oxygens (including phenoxy) is 2. The largest absolute Gasteiger partial charge is 0.507 e. The average Bonchev–Trinajstić information content (AvgIpc) is 3.35. The predicted molar refractivity (Wildman–Crippen MR) is 122 cm³/mol. The molecule has 0 radical (unpaired) electrons. The first kappa shape index (κ1) is 22.2. The highest BCUT2D eigenvalue weighted by atomic mass is 32.1. The van der Waals surface area contributed by atoms with Crippen LogP contribution < -0.4 is 9.64 Å². The molecule has 0 aliphatic carbocycles. The number of anilines is 1. The van der Waals surface area contributed by atoms with Crippen molar-refractivity contribution < 1.29 is 29.0 Å². The molecule has 1 N–H and O–H groups in total. The number of nitrogens with zero attached hydrogens (tertiary/aromatic N) is 2. The number of aliphatic hydroxyl groups excluding tert-OH is 1. The van der Waals surface area contributed by atoms with E-state index < -0.39 is 23.7 Å². The van der Waals surface area contributed by atoms with Gasteiger partial charge in [0.2, 0.25) is 0 Å². The lowest BCUT2D eigenvalue weighted by Gasteiger charge is -2.23. The lowest BCUT2D eigenvalue weighted by atomic mass is 9.95. The van der Waals surface area contributed by atoms with E-state index in [4.69, 9.17) is 9.47 Å². The molecule has 33 heavy (non-hydrogen) atoms. The van der Waals surface area contributed by atoms with E-state index in [0.29, 0.717) is 22.6 Å². The summed E-state index contributed by atoms with van der Waals surface area (Å²) in [4.78, 5) is 44.2. The molecule has 1 aromatic heterocycles. The Morgan fingerprint density at radius 3 is 2.33 bits per heavy atom. The first-order chi connectivity index (χ1) is 15.9. The number of rotatable bonds is 5. The van der Waals surface area contributed by atoms with Crippen molar-refractivity contribution in [1.29, 1.82) is 0 Å². The van der Waals surface area contributed by atoms with Crippen molar-refractivity contribution in [3.63, 3.8) is 0 Å². The van der Waals surface area contributed by atoms with Crippen molar-refractivity contribution in [2.24, 2.45) is 0 Å². The third-order valence-electron chi connectivity index (χ3n) is 5.29. The van der Waals surface area contributed by atoms with Crippen LogP contribution in [0.1, 0.15) is 32.5 Å². The molecule has 1 fully saturated rings. The molecule has 1 atom stereocenters. The van der Waals surface area contributed by atoms with E-state index >= 15 is 0 Å². The molecule has 1 amide bonds. The molecule has 0 bridgehead atoms. The fourth-order valence-corrected chi connectivity index (χ4v) is 4.66. The summed E-state index contributed by atoms with van der Waals surface area (Å²) in [7, 11) is 2.78. The van der Waals surface area contributed by atoms with Gasteiger partial charge >= 0.3 is 11.9 Å². The van der Waals surface area contributed by atoms with Gasteiger partial charge in [0.1, 0.15) is 16.4 Å². The van der Waals surface area contributed by atoms with Crippen molar-refractivity contribution in [3.05, 3.63) is 81.9 Å². The topological polar surface area (TPSA) is 106 Å².